The third kappa shape index (κ3) is 4.34. The Balaban J connectivity index is 1.49. The average molecular weight is 337 g/mol. The first kappa shape index (κ1) is 16.9. The van der Waals surface area contributed by atoms with Crippen molar-refractivity contribution >= 4 is 9.84 Å². The lowest BCUT2D eigenvalue weighted by Crippen LogP contribution is -2.46. The van der Waals surface area contributed by atoms with Crippen molar-refractivity contribution < 1.29 is 13.2 Å². The van der Waals surface area contributed by atoms with Crippen LogP contribution in [0.5, 0.6) is 0 Å². The summed E-state index contributed by atoms with van der Waals surface area (Å²) in [6, 6.07) is 7.21. The van der Waals surface area contributed by atoms with Gasteiger partial charge in [0.05, 0.1) is 16.8 Å². The van der Waals surface area contributed by atoms with Crippen LogP contribution in [0.1, 0.15) is 31.2 Å². The van der Waals surface area contributed by atoms with E-state index in [0.717, 1.165) is 44.6 Å². The highest BCUT2D eigenvalue weighted by molar-refractivity contribution is 7.91. The number of hydrogen-bond donors (Lipinski definition) is 0. The molecule has 2 saturated heterocycles. The highest BCUT2D eigenvalue weighted by Gasteiger charge is 2.31. The monoisotopic (exact) mass is 337 g/mol. The van der Waals surface area contributed by atoms with E-state index in [0.29, 0.717) is 23.3 Å². The number of ether oxygens (including phenoxy) is 1. The molecule has 23 heavy (non-hydrogen) atoms. The minimum absolute atomic E-state index is 0.234. The van der Waals surface area contributed by atoms with Gasteiger partial charge in [-0.15, -0.1) is 0 Å². The van der Waals surface area contributed by atoms with E-state index in [1.165, 1.54) is 6.42 Å². The summed E-state index contributed by atoms with van der Waals surface area (Å²) in [5.41, 5.74) is 0.991. The van der Waals surface area contributed by atoms with Crippen LogP contribution in [0.3, 0.4) is 0 Å². The zero-order valence-electron chi connectivity index (χ0n) is 13.9. The maximum Gasteiger partial charge on any atom is 0.178 e. The number of fused-ring (bicyclic) bond motifs is 1. The summed E-state index contributed by atoms with van der Waals surface area (Å²) >= 11 is 0. The van der Waals surface area contributed by atoms with Gasteiger partial charge in [-0.25, -0.2) is 8.42 Å². The standard InChI is InChI=1S/C18H27NO3S/c1-15-5-2-7-17(13-15)23(20,21)12-4-9-19-10-8-18-16(14-19)6-3-11-22-18/h2,5,7,13,16,18H,3-4,6,8-12,14H2,1H3/t16-,18+/m0/s1. The van der Waals surface area contributed by atoms with Crippen molar-refractivity contribution in [3.05, 3.63) is 29.8 Å². The van der Waals surface area contributed by atoms with Crippen molar-refractivity contribution in [2.75, 3.05) is 32.0 Å². The van der Waals surface area contributed by atoms with E-state index >= 15 is 0 Å². The summed E-state index contributed by atoms with van der Waals surface area (Å²) in [6.07, 6.45) is 4.65. The first-order valence-corrected chi connectivity index (χ1v) is 10.3. The normalized spacial score (nSPS) is 26.0. The average Bonchev–Trinajstić information content (AvgIpc) is 2.54. The number of likely N-dealkylation sites (tertiary alicyclic amines) is 1. The first-order chi connectivity index (χ1) is 11.0. The van der Waals surface area contributed by atoms with E-state index in [1.54, 1.807) is 12.1 Å². The fourth-order valence-corrected chi connectivity index (χ4v) is 5.17. The van der Waals surface area contributed by atoms with Crippen molar-refractivity contribution in [1.82, 2.24) is 4.90 Å². The molecule has 128 valence electrons. The number of nitrogens with zero attached hydrogens (tertiary/aromatic N) is 1. The number of hydrogen-bond acceptors (Lipinski definition) is 4. The number of aryl methyl sites for hydroxylation is 1. The smallest absolute Gasteiger partial charge is 0.178 e. The van der Waals surface area contributed by atoms with Gasteiger partial charge in [-0.05, 0) is 62.8 Å². The SMILES string of the molecule is Cc1cccc(S(=O)(=O)CCCN2CC[C@H]3OCCC[C@H]3C2)c1. The van der Waals surface area contributed by atoms with Crippen LogP contribution in [0, 0.1) is 12.8 Å². The summed E-state index contributed by atoms with van der Waals surface area (Å²) in [7, 11) is -3.16. The zero-order valence-corrected chi connectivity index (χ0v) is 14.7. The molecule has 2 aliphatic heterocycles. The Morgan fingerprint density at radius 3 is 3.00 bits per heavy atom. The van der Waals surface area contributed by atoms with Gasteiger partial charge in [0.15, 0.2) is 9.84 Å². The zero-order chi connectivity index (χ0) is 16.3. The van der Waals surface area contributed by atoms with Crippen molar-refractivity contribution in [2.24, 2.45) is 5.92 Å². The van der Waals surface area contributed by atoms with E-state index in [4.69, 9.17) is 4.74 Å². The van der Waals surface area contributed by atoms with Gasteiger partial charge in [0.2, 0.25) is 0 Å². The maximum atomic E-state index is 12.4. The quantitative estimate of drug-likeness (QED) is 0.829. The summed E-state index contributed by atoms with van der Waals surface area (Å²) in [4.78, 5) is 2.87. The molecule has 1 aromatic rings. The Hall–Kier alpha value is -0.910. The molecule has 0 amide bonds. The molecule has 2 heterocycles. The second-order valence-electron chi connectivity index (χ2n) is 6.89. The molecule has 4 nitrogen and oxygen atoms in total. The van der Waals surface area contributed by atoms with E-state index in [1.807, 2.05) is 19.1 Å². The van der Waals surface area contributed by atoms with Crippen molar-refractivity contribution in [3.63, 3.8) is 0 Å². The summed E-state index contributed by atoms with van der Waals surface area (Å²) in [5.74, 6) is 0.878. The van der Waals surface area contributed by atoms with Crippen molar-refractivity contribution in [1.29, 1.82) is 0 Å². The van der Waals surface area contributed by atoms with Gasteiger partial charge < -0.3 is 9.64 Å². The lowest BCUT2D eigenvalue weighted by molar-refractivity contribution is -0.0660. The Bertz CT molecular complexity index is 629. The Morgan fingerprint density at radius 2 is 2.17 bits per heavy atom. The third-order valence-corrected chi connectivity index (χ3v) is 6.83. The predicted octanol–water partition coefficient (Wildman–Crippen LogP) is 2.66. The van der Waals surface area contributed by atoms with Gasteiger partial charge in [0.1, 0.15) is 0 Å². The van der Waals surface area contributed by atoms with Crippen LogP contribution in [0.25, 0.3) is 0 Å². The van der Waals surface area contributed by atoms with Crippen LogP contribution in [-0.2, 0) is 14.6 Å². The summed E-state index contributed by atoms with van der Waals surface area (Å²) in [5, 5.41) is 0. The molecule has 3 rings (SSSR count). The van der Waals surface area contributed by atoms with Crippen LogP contribution in [0.2, 0.25) is 0 Å². The number of benzene rings is 1. The first-order valence-electron chi connectivity index (χ1n) is 8.68. The van der Waals surface area contributed by atoms with E-state index in [9.17, 15) is 8.42 Å². The molecule has 0 aliphatic carbocycles. The van der Waals surface area contributed by atoms with Gasteiger partial charge in [-0.1, -0.05) is 12.1 Å². The van der Waals surface area contributed by atoms with Gasteiger partial charge in [-0.2, -0.15) is 0 Å². The fraction of sp³-hybridized carbons (Fsp3) is 0.667. The van der Waals surface area contributed by atoms with Crippen LogP contribution >= 0.6 is 0 Å². The molecule has 0 bridgehead atoms. The predicted molar refractivity (Wildman–Crippen MR) is 91.4 cm³/mol. The highest BCUT2D eigenvalue weighted by Crippen LogP contribution is 2.28. The molecule has 2 aliphatic rings. The Morgan fingerprint density at radius 1 is 1.30 bits per heavy atom. The molecule has 0 spiro atoms. The van der Waals surface area contributed by atoms with Crippen LogP contribution in [0.15, 0.2) is 29.2 Å². The molecule has 2 fully saturated rings. The lowest BCUT2D eigenvalue weighted by atomic mass is 9.88. The summed E-state index contributed by atoms with van der Waals surface area (Å²) in [6.45, 7) is 5.81. The van der Waals surface area contributed by atoms with Gasteiger partial charge >= 0.3 is 0 Å². The Labute approximate surface area is 139 Å². The minimum atomic E-state index is -3.16. The Kier molecular flexibility index (Phi) is 5.39. The second-order valence-corrected chi connectivity index (χ2v) is 9.00. The van der Waals surface area contributed by atoms with Crippen molar-refractivity contribution in [2.45, 2.75) is 43.6 Å². The van der Waals surface area contributed by atoms with Crippen LogP contribution in [0.4, 0.5) is 0 Å². The molecular weight excluding hydrogens is 310 g/mol. The van der Waals surface area contributed by atoms with E-state index in [2.05, 4.69) is 4.90 Å². The molecule has 2 atom stereocenters. The fourth-order valence-electron chi connectivity index (χ4n) is 3.77. The molecule has 0 radical (unpaired) electrons. The lowest BCUT2D eigenvalue weighted by Gasteiger charge is -2.41. The van der Waals surface area contributed by atoms with Crippen LogP contribution < -0.4 is 0 Å². The van der Waals surface area contributed by atoms with Crippen molar-refractivity contribution in [3.8, 4) is 0 Å². The van der Waals surface area contributed by atoms with E-state index < -0.39 is 9.84 Å². The largest absolute Gasteiger partial charge is 0.378 e. The molecule has 5 heteroatoms. The van der Waals surface area contributed by atoms with Gasteiger partial charge in [-0.3, -0.25) is 0 Å². The maximum absolute atomic E-state index is 12.4. The topological polar surface area (TPSA) is 46.6 Å². The number of sulfone groups is 1. The highest BCUT2D eigenvalue weighted by atomic mass is 32.2. The third-order valence-electron chi connectivity index (χ3n) is 5.04. The van der Waals surface area contributed by atoms with E-state index in [-0.39, 0.29) is 5.75 Å². The summed E-state index contributed by atoms with van der Waals surface area (Å²) < 4.78 is 30.7. The van der Waals surface area contributed by atoms with Gasteiger partial charge in [0, 0.05) is 19.7 Å². The molecule has 0 aromatic heterocycles. The molecule has 0 N–H and O–H groups in total. The van der Waals surface area contributed by atoms with Crippen LogP contribution in [-0.4, -0.2) is 51.4 Å². The molecule has 0 saturated carbocycles. The number of rotatable bonds is 5. The van der Waals surface area contributed by atoms with Gasteiger partial charge in [0.25, 0.3) is 0 Å². The molecule has 0 unspecified atom stereocenters. The molecule has 1 aromatic carbocycles. The minimum Gasteiger partial charge on any atom is -0.378 e. The molecular formula is C18H27NO3S. The number of piperidine rings is 1. The second kappa shape index (κ2) is 7.32.